The van der Waals surface area contributed by atoms with Crippen molar-refractivity contribution in [1.82, 2.24) is 0 Å². The van der Waals surface area contributed by atoms with Crippen molar-refractivity contribution in [2.75, 3.05) is 5.32 Å². The molecule has 2 aliphatic rings. The third-order valence-corrected chi connectivity index (χ3v) is 5.16. The molecule has 1 aliphatic carbocycles. The number of aliphatic hydroxyl groups excluding tert-OH is 1. The lowest BCUT2D eigenvalue weighted by atomic mass is 9.74. The summed E-state index contributed by atoms with van der Waals surface area (Å²) in [5.74, 6) is 0.448. The molecule has 1 atom stereocenters. The van der Waals surface area contributed by atoms with E-state index in [9.17, 15) is 5.11 Å². The molecule has 1 aliphatic heterocycles. The number of aliphatic hydroxyl groups is 1. The lowest BCUT2D eigenvalue weighted by Gasteiger charge is -2.32. The maximum atomic E-state index is 10.9. The van der Waals surface area contributed by atoms with Crippen LogP contribution in [0.5, 0.6) is 0 Å². The van der Waals surface area contributed by atoms with Crippen molar-refractivity contribution in [2.24, 2.45) is 5.41 Å². The lowest BCUT2D eigenvalue weighted by Crippen LogP contribution is -2.67. The van der Waals surface area contributed by atoms with Gasteiger partial charge >= 0.3 is 0 Å². The van der Waals surface area contributed by atoms with Gasteiger partial charge in [-0.15, -0.1) is 0 Å². The van der Waals surface area contributed by atoms with Crippen LogP contribution in [-0.4, -0.2) is 10.8 Å². The number of allylic oxidation sites excluding steroid dienone is 1. The number of hydrogen-bond acceptors (Lipinski definition) is 2. The highest BCUT2D eigenvalue weighted by Crippen LogP contribution is 2.42. The molecule has 25 heavy (non-hydrogen) atoms. The molecule has 3 nitrogen and oxygen atoms in total. The molecule has 1 heterocycles. The van der Waals surface area contributed by atoms with Gasteiger partial charge in [-0.25, -0.2) is 4.99 Å². The van der Waals surface area contributed by atoms with E-state index in [0.717, 1.165) is 34.6 Å². The van der Waals surface area contributed by atoms with E-state index in [2.05, 4.69) is 42.4 Å². The molecule has 0 aromatic heterocycles. The second kappa shape index (κ2) is 5.92. The fraction of sp³-hybridized carbons (Fsp3) is 0.286. The first-order valence-electron chi connectivity index (χ1n) is 8.59. The number of para-hydroxylation sites is 2. The molecule has 2 aromatic rings. The highest BCUT2D eigenvalue weighted by molar-refractivity contribution is 6.30. The summed E-state index contributed by atoms with van der Waals surface area (Å²) in [4.78, 5) is 3.57. The van der Waals surface area contributed by atoms with E-state index >= 15 is 0 Å². The van der Waals surface area contributed by atoms with Crippen molar-refractivity contribution < 1.29 is 10.1 Å². The van der Waals surface area contributed by atoms with E-state index < -0.39 is 0 Å². The van der Waals surface area contributed by atoms with Crippen LogP contribution in [-0.2, 0) is 0 Å². The second-order valence-corrected chi connectivity index (χ2v) is 8.10. The van der Waals surface area contributed by atoms with Gasteiger partial charge in [0.25, 0.3) is 0 Å². The maximum absolute atomic E-state index is 10.9. The zero-order valence-electron chi connectivity index (χ0n) is 14.4. The molecular formula is C21H22ClN2O+. The fourth-order valence-corrected chi connectivity index (χ4v) is 4.05. The quantitative estimate of drug-likeness (QED) is 0.716. The van der Waals surface area contributed by atoms with Crippen LogP contribution in [0.2, 0.25) is 5.02 Å². The monoisotopic (exact) mass is 353 g/mol. The smallest absolute Gasteiger partial charge is 0.227 e. The van der Waals surface area contributed by atoms with Crippen molar-refractivity contribution in [3.63, 3.8) is 0 Å². The molecule has 0 bridgehead atoms. The molecule has 0 saturated carbocycles. The number of rotatable bonds is 1. The SMILES string of the molecule is CC1(C)CC2=[NH+]c3ccccc3NC(c3cccc(Cl)c3)C2=C(O)C1. The molecule has 3 N–H and O–H groups in total. The molecule has 128 valence electrons. The summed E-state index contributed by atoms with van der Waals surface area (Å²) in [5.41, 5.74) is 5.14. The summed E-state index contributed by atoms with van der Waals surface area (Å²) in [6, 6.07) is 15.9. The van der Waals surface area contributed by atoms with Crippen LogP contribution in [0.3, 0.4) is 0 Å². The zero-order valence-corrected chi connectivity index (χ0v) is 15.2. The third kappa shape index (κ3) is 3.05. The van der Waals surface area contributed by atoms with E-state index in [1.807, 2.05) is 30.3 Å². The van der Waals surface area contributed by atoms with Crippen LogP contribution >= 0.6 is 11.6 Å². The zero-order chi connectivity index (χ0) is 17.6. The first-order chi connectivity index (χ1) is 11.9. The summed E-state index contributed by atoms with van der Waals surface area (Å²) < 4.78 is 0. The Hall–Kier alpha value is -2.26. The van der Waals surface area contributed by atoms with Crippen LogP contribution in [0, 0.1) is 5.41 Å². The Kier molecular flexibility index (Phi) is 3.84. The molecule has 0 fully saturated rings. The second-order valence-electron chi connectivity index (χ2n) is 7.66. The Morgan fingerprint density at radius 3 is 2.72 bits per heavy atom. The first-order valence-corrected chi connectivity index (χ1v) is 8.97. The van der Waals surface area contributed by atoms with Gasteiger partial charge in [-0.2, -0.15) is 0 Å². The summed E-state index contributed by atoms with van der Waals surface area (Å²) in [5, 5.41) is 15.2. The normalized spacial score (nSPS) is 21.6. The first kappa shape index (κ1) is 16.2. The van der Waals surface area contributed by atoms with Crippen LogP contribution in [0.1, 0.15) is 38.3 Å². The Balaban J connectivity index is 1.93. The molecule has 0 amide bonds. The van der Waals surface area contributed by atoms with Gasteiger partial charge < -0.3 is 10.4 Å². The Labute approximate surface area is 153 Å². The number of benzene rings is 2. The van der Waals surface area contributed by atoms with E-state index in [1.54, 1.807) is 0 Å². The predicted octanol–water partition coefficient (Wildman–Crippen LogP) is 4.29. The molecule has 0 spiro atoms. The summed E-state index contributed by atoms with van der Waals surface area (Å²) in [6.45, 7) is 4.38. The average Bonchev–Trinajstić information content (AvgIpc) is 2.70. The minimum atomic E-state index is -0.138. The maximum Gasteiger partial charge on any atom is 0.227 e. The van der Waals surface area contributed by atoms with Gasteiger partial charge in [0, 0.05) is 23.9 Å². The lowest BCUT2D eigenvalue weighted by molar-refractivity contribution is -0.354. The summed E-state index contributed by atoms with van der Waals surface area (Å²) >= 11 is 6.23. The molecule has 2 aromatic carbocycles. The van der Waals surface area contributed by atoms with Crippen molar-refractivity contribution in [3.8, 4) is 0 Å². The van der Waals surface area contributed by atoms with Crippen molar-refractivity contribution >= 4 is 28.7 Å². The van der Waals surface area contributed by atoms with Gasteiger partial charge in [-0.05, 0) is 29.2 Å². The topological polar surface area (TPSA) is 46.2 Å². The van der Waals surface area contributed by atoms with Crippen LogP contribution in [0.25, 0.3) is 0 Å². The molecule has 0 saturated heterocycles. The van der Waals surface area contributed by atoms with Crippen LogP contribution in [0.4, 0.5) is 11.4 Å². The van der Waals surface area contributed by atoms with Crippen LogP contribution in [0.15, 0.2) is 59.9 Å². The molecular weight excluding hydrogens is 332 g/mol. The highest BCUT2D eigenvalue weighted by atomic mass is 35.5. The van der Waals surface area contributed by atoms with E-state index in [0.29, 0.717) is 17.2 Å². The van der Waals surface area contributed by atoms with Crippen molar-refractivity contribution in [2.45, 2.75) is 32.7 Å². The van der Waals surface area contributed by atoms with Gasteiger partial charge in [-0.3, -0.25) is 0 Å². The largest absolute Gasteiger partial charge is 0.512 e. The van der Waals surface area contributed by atoms with Crippen LogP contribution < -0.4 is 10.3 Å². The number of halogens is 1. The average molecular weight is 354 g/mol. The minimum Gasteiger partial charge on any atom is -0.512 e. The van der Waals surface area contributed by atoms with E-state index in [1.165, 1.54) is 0 Å². The van der Waals surface area contributed by atoms with E-state index in [4.69, 9.17) is 11.6 Å². The van der Waals surface area contributed by atoms with E-state index in [-0.39, 0.29) is 11.5 Å². The Bertz CT molecular complexity index is 898. The minimum absolute atomic E-state index is 0.0219. The predicted molar refractivity (Wildman–Crippen MR) is 103 cm³/mol. The number of fused-ring (bicyclic) bond motifs is 2. The number of hydrogen-bond donors (Lipinski definition) is 3. The van der Waals surface area contributed by atoms with Crippen molar-refractivity contribution in [3.05, 3.63) is 70.4 Å². The summed E-state index contributed by atoms with van der Waals surface area (Å²) in [7, 11) is 0. The standard InChI is InChI=1S/C21H21ClN2O/c1-21(2)11-17-19(18(25)12-21)20(13-6-5-7-14(22)10-13)24-16-9-4-3-8-15(16)23-17/h3-10,20,24-25H,11-12H2,1-2H3/p+1. The van der Waals surface area contributed by atoms with Crippen molar-refractivity contribution in [1.29, 1.82) is 0 Å². The molecule has 0 radical (unpaired) electrons. The van der Waals surface area contributed by atoms with Gasteiger partial charge in [0.1, 0.15) is 11.4 Å². The van der Waals surface area contributed by atoms with Gasteiger partial charge in [0.05, 0.1) is 11.6 Å². The Morgan fingerprint density at radius 1 is 1.12 bits per heavy atom. The van der Waals surface area contributed by atoms with Gasteiger partial charge in [0.15, 0.2) is 5.71 Å². The fourth-order valence-electron chi connectivity index (χ4n) is 3.86. The number of anilines is 1. The highest BCUT2D eigenvalue weighted by Gasteiger charge is 2.40. The Morgan fingerprint density at radius 2 is 1.92 bits per heavy atom. The van der Waals surface area contributed by atoms with Gasteiger partial charge in [-0.1, -0.05) is 49.7 Å². The number of nitrogens with one attached hydrogen (secondary N) is 2. The molecule has 4 rings (SSSR count). The van der Waals surface area contributed by atoms with Gasteiger partial charge in [0.2, 0.25) is 5.69 Å². The third-order valence-electron chi connectivity index (χ3n) is 4.92. The molecule has 1 unspecified atom stereocenters. The molecule has 4 heteroatoms. The summed E-state index contributed by atoms with van der Waals surface area (Å²) in [6.07, 6.45) is 1.56.